The Morgan fingerprint density at radius 3 is 2.57 bits per heavy atom. The molecule has 1 atom stereocenters. The van der Waals surface area contributed by atoms with Crippen LogP contribution >= 0.6 is 0 Å². The van der Waals surface area contributed by atoms with Crippen LogP contribution in [0.1, 0.15) is 25.5 Å². The number of aliphatic hydroxyl groups excluding tert-OH is 1. The molecule has 0 bridgehead atoms. The first-order chi connectivity index (χ1) is 9.94. The van der Waals surface area contributed by atoms with Crippen LogP contribution in [0.25, 0.3) is 10.8 Å². The molecule has 1 unspecified atom stereocenters. The molecule has 5 heteroatoms. The molecular weight excluding hydrogens is 288 g/mol. The Balaban J connectivity index is 2.34. The first kappa shape index (κ1) is 15.8. The first-order valence-corrected chi connectivity index (χ1v) is 8.79. The van der Waals surface area contributed by atoms with Crippen molar-refractivity contribution in [3.63, 3.8) is 0 Å². The van der Waals surface area contributed by atoms with E-state index in [2.05, 4.69) is 0 Å². The van der Waals surface area contributed by atoms with E-state index in [1.54, 1.807) is 13.8 Å². The van der Waals surface area contributed by atoms with Crippen molar-refractivity contribution in [1.29, 1.82) is 0 Å². The molecule has 2 aromatic rings. The third kappa shape index (κ3) is 3.74. The van der Waals surface area contributed by atoms with E-state index in [-0.39, 0.29) is 18.1 Å². The molecule has 2 aromatic carbocycles. The summed E-state index contributed by atoms with van der Waals surface area (Å²) in [5.41, 5.74) is 0.669. The number of hydrogen-bond acceptors (Lipinski definition) is 4. The first-order valence-electron chi connectivity index (χ1n) is 6.97. The van der Waals surface area contributed by atoms with Crippen molar-refractivity contribution in [2.75, 3.05) is 18.1 Å². The maximum absolute atomic E-state index is 11.5. The molecule has 0 spiro atoms. The predicted octanol–water partition coefficient (Wildman–Crippen LogP) is 2.71. The summed E-state index contributed by atoms with van der Waals surface area (Å²) < 4.78 is 28.8. The van der Waals surface area contributed by atoms with E-state index in [0.717, 1.165) is 10.8 Å². The van der Waals surface area contributed by atoms with Gasteiger partial charge in [0.25, 0.3) is 0 Å². The summed E-state index contributed by atoms with van der Waals surface area (Å²) in [5, 5.41) is 11.7. The number of rotatable bonds is 6. The van der Waals surface area contributed by atoms with Crippen molar-refractivity contribution in [2.24, 2.45) is 0 Å². The number of hydrogen-bond donors (Lipinski definition) is 1. The topological polar surface area (TPSA) is 63.6 Å². The fourth-order valence-electron chi connectivity index (χ4n) is 2.16. The molecule has 2 rings (SSSR count). The lowest BCUT2D eigenvalue weighted by atomic mass is 10.0. The van der Waals surface area contributed by atoms with E-state index in [1.165, 1.54) is 0 Å². The number of sulfone groups is 1. The molecule has 114 valence electrons. The summed E-state index contributed by atoms with van der Waals surface area (Å²) in [6.07, 6.45) is -0.674. The highest BCUT2D eigenvalue weighted by Crippen LogP contribution is 2.33. The second-order valence-electron chi connectivity index (χ2n) is 4.97. The Morgan fingerprint density at radius 1 is 1.19 bits per heavy atom. The van der Waals surface area contributed by atoms with Crippen LogP contribution in [-0.4, -0.2) is 31.6 Å². The zero-order valence-electron chi connectivity index (χ0n) is 12.2. The highest BCUT2D eigenvalue weighted by atomic mass is 32.2. The molecule has 0 aliphatic rings. The molecule has 0 aromatic heterocycles. The summed E-state index contributed by atoms with van der Waals surface area (Å²) in [5.74, 6) is 0.649. The number of ether oxygens (including phenoxy) is 1. The summed E-state index contributed by atoms with van der Waals surface area (Å²) in [4.78, 5) is 0. The minimum atomic E-state index is -3.06. The van der Waals surface area contributed by atoms with Gasteiger partial charge in [-0.2, -0.15) is 0 Å². The van der Waals surface area contributed by atoms with Crippen LogP contribution in [0.5, 0.6) is 5.75 Å². The van der Waals surface area contributed by atoms with Crippen molar-refractivity contribution in [2.45, 2.75) is 20.0 Å². The van der Waals surface area contributed by atoms with E-state index in [1.807, 2.05) is 36.4 Å². The summed E-state index contributed by atoms with van der Waals surface area (Å²) >= 11 is 0. The molecule has 0 fully saturated rings. The highest BCUT2D eigenvalue weighted by Gasteiger charge is 2.14. The monoisotopic (exact) mass is 308 g/mol. The lowest BCUT2D eigenvalue weighted by Crippen LogP contribution is -2.16. The second kappa shape index (κ2) is 6.45. The van der Waals surface area contributed by atoms with Gasteiger partial charge in [0.15, 0.2) is 9.84 Å². The molecule has 0 saturated heterocycles. The molecule has 0 saturated carbocycles. The van der Waals surface area contributed by atoms with E-state index in [0.29, 0.717) is 11.3 Å². The summed E-state index contributed by atoms with van der Waals surface area (Å²) in [6.45, 7) is 3.37. The van der Waals surface area contributed by atoms with Gasteiger partial charge < -0.3 is 9.84 Å². The number of fused-ring (bicyclic) bond motifs is 1. The minimum Gasteiger partial charge on any atom is -0.491 e. The fourth-order valence-corrected chi connectivity index (χ4v) is 2.79. The zero-order valence-corrected chi connectivity index (χ0v) is 13.1. The average molecular weight is 308 g/mol. The van der Waals surface area contributed by atoms with Gasteiger partial charge in [-0.1, -0.05) is 43.3 Å². The quantitative estimate of drug-likeness (QED) is 0.891. The molecule has 0 radical (unpaired) electrons. The normalized spacial score (nSPS) is 13.3. The Hall–Kier alpha value is -1.59. The molecule has 21 heavy (non-hydrogen) atoms. The van der Waals surface area contributed by atoms with Gasteiger partial charge in [-0.25, -0.2) is 8.42 Å². The van der Waals surface area contributed by atoms with Gasteiger partial charge in [0.05, 0.1) is 11.9 Å². The smallest absolute Gasteiger partial charge is 0.153 e. The standard InChI is InChI=1S/C16H20O4S/c1-3-21(18,19)11-10-20-16-14(12(2)17)9-8-13-6-4-5-7-15(13)16/h4-9,12,17H,3,10-11H2,1-2H3. The zero-order chi connectivity index (χ0) is 15.5. The molecular formula is C16H20O4S. The van der Waals surface area contributed by atoms with Crippen molar-refractivity contribution in [1.82, 2.24) is 0 Å². The minimum absolute atomic E-state index is 0.0219. The Bertz CT molecular complexity index is 720. The third-order valence-corrected chi connectivity index (χ3v) is 5.11. The van der Waals surface area contributed by atoms with E-state index in [9.17, 15) is 13.5 Å². The highest BCUT2D eigenvalue weighted by molar-refractivity contribution is 7.91. The van der Waals surface area contributed by atoms with Gasteiger partial charge in [0.1, 0.15) is 12.4 Å². The van der Waals surface area contributed by atoms with Crippen LogP contribution in [0.3, 0.4) is 0 Å². The predicted molar refractivity (Wildman–Crippen MR) is 84.4 cm³/mol. The van der Waals surface area contributed by atoms with E-state index in [4.69, 9.17) is 4.74 Å². The molecule has 1 N–H and O–H groups in total. The maximum atomic E-state index is 11.5. The summed E-state index contributed by atoms with van der Waals surface area (Å²) in [7, 11) is -3.06. The van der Waals surface area contributed by atoms with Gasteiger partial charge in [-0.05, 0) is 12.3 Å². The van der Waals surface area contributed by atoms with Crippen LogP contribution in [0.2, 0.25) is 0 Å². The lowest BCUT2D eigenvalue weighted by Gasteiger charge is -2.16. The van der Waals surface area contributed by atoms with Crippen LogP contribution in [0.15, 0.2) is 36.4 Å². The van der Waals surface area contributed by atoms with Crippen molar-refractivity contribution < 1.29 is 18.3 Å². The van der Waals surface area contributed by atoms with Gasteiger partial charge in [-0.3, -0.25) is 0 Å². The SMILES string of the molecule is CCS(=O)(=O)CCOc1c(C(C)O)ccc2ccccc12. The number of aliphatic hydroxyl groups is 1. The van der Waals surface area contributed by atoms with E-state index >= 15 is 0 Å². The molecule has 0 aliphatic heterocycles. The second-order valence-corrected chi connectivity index (χ2v) is 7.44. The molecule has 4 nitrogen and oxygen atoms in total. The fraction of sp³-hybridized carbons (Fsp3) is 0.375. The van der Waals surface area contributed by atoms with Crippen molar-refractivity contribution >= 4 is 20.6 Å². The van der Waals surface area contributed by atoms with Crippen molar-refractivity contribution in [3.05, 3.63) is 42.0 Å². The van der Waals surface area contributed by atoms with Gasteiger partial charge in [0, 0.05) is 16.7 Å². The third-order valence-electron chi connectivity index (χ3n) is 3.44. The van der Waals surface area contributed by atoms with E-state index < -0.39 is 15.9 Å². The van der Waals surface area contributed by atoms with Gasteiger partial charge >= 0.3 is 0 Å². The maximum Gasteiger partial charge on any atom is 0.153 e. The van der Waals surface area contributed by atoms with Crippen LogP contribution in [0.4, 0.5) is 0 Å². The largest absolute Gasteiger partial charge is 0.491 e. The van der Waals surface area contributed by atoms with Gasteiger partial charge in [0.2, 0.25) is 0 Å². The number of benzene rings is 2. The summed E-state index contributed by atoms with van der Waals surface area (Å²) in [6, 6.07) is 11.4. The average Bonchev–Trinajstić information content (AvgIpc) is 2.47. The Morgan fingerprint density at radius 2 is 1.90 bits per heavy atom. The molecule has 0 aliphatic carbocycles. The Labute approximate surface area is 125 Å². The lowest BCUT2D eigenvalue weighted by molar-refractivity contribution is 0.193. The van der Waals surface area contributed by atoms with Crippen LogP contribution in [0, 0.1) is 0 Å². The Kier molecular flexibility index (Phi) is 4.85. The van der Waals surface area contributed by atoms with Crippen LogP contribution < -0.4 is 4.74 Å². The van der Waals surface area contributed by atoms with Gasteiger partial charge in [-0.15, -0.1) is 0 Å². The molecule has 0 amide bonds. The molecule has 0 heterocycles. The van der Waals surface area contributed by atoms with Crippen LogP contribution in [-0.2, 0) is 9.84 Å². The van der Waals surface area contributed by atoms with Crippen molar-refractivity contribution in [3.8, 4) is 5.75 Å².